The smallest absolute Gasteiger partial charge is 0.545 e. The Kier molecular flexibility index (Phi) is 73.8. The maximum Gasteiger partial charge on any atom is 1.00 e. The van der Waals surface area contributed by atoms with Crippen molar-refractivity contribution in [2.75, 3.05) is 227 Å². The molecule has 0 saturated heterocycles. The fourth-order valence-electron chi connectivity index (χ4n) is 12.9. The summed E-state index contributed by atoms with van der Waals surface area (Å²) in [6, 6.07) is 30.4. The maximum atomic E-state index is 12.3. The molecule has 710 valence electrons. The van der Waals surface area contributed by atoms with Gasteiger partial charge in [0.2, 0.25) is 0 Å². The standard InChI is InChI=1S/C41H48O11.C23H28O5.C20H26O6.C16H24O6.3Cs.2Os/c1-29-23-34(31-5-7-39(33(27-31)9-10-42)51-21-19-49-17-15-47-13-11-45-3)36-25-30(2)24-35(37(36)26-29)32-6-8-40(38(28-32)41(43)44)52-22-20-50-18-16-48-14-12-46-4;1-18-4-5-19(2)22(16-18)20-6-7-23(21(17-20)8-9-24)28-15-14-27-13-12-26-11-10-25-3;1-14-11-17-16(18(12-14)20(21)22)10-15(2)13-19(17)26-9-8-25-7-6-24-5-4-23-3;1-12-10-15(16(18)19)13(2)9-14(12)11-22-8-7-21-6-5-20-4-3-17;;;;;/h5-9,23-28H,11-22H2,1-4H3,(H,43,44);4-8,16-17H,10-15H2,1-3H3;10-13H,4-9H2,1-3H3,(H,21,22);9-10,17H,3-8,11H2,1-2H3,(H,18,19);;;;;/q;;;;3*+1;;/p-3. The molecule has 0 bridgehead atoms. The van der Waals surface area contributed by atoms with Crippen LogP contribution < -0.4 is 231 Å². The molecule has 33 heteroatoms. The van der Waals surface area contributed by atoms with E-state index in [9.17, 15) is 39.3 Å². The van der Waals surface area contributed by atoms with E-state index in [2.05, 4.69) is 50.2 Å². The number of aryl methyl sites for hydroxylation is 8. The van der Waals surface area contributed by atoms with Crippen LogP contribution in [-0.2, 0) is 136 Å². The number of aliphatic hydroxyl groups excluding tert-OH is 1. The number of carboxylic acid groups (broad SMARTS) is 3. The number of carbonyl (C=O) groups excluding carboxylic acids is 7. The fraction of sp³-hybridized carbons (Fsp3) is 0.430. The van der Waals surface area contributed by atoms with Crippen LogP contribution in [0.5, 0.6) is 11.5 Å². The van der Waals surface area contributed by atoms with Crippen molar-refractivity contribution in [3.8, 4) is 22.6 Å². The zero-order valence-corrected chi connectivity index (χ0v) is 103. The predicted octanol–water partition coefficient (Wildman–Crippen LogP) is 0.491. The number of aliphatic hydroxyl groups is 1. The van der Waals surface area contributed by atoms with Gasteiger partial charge in [0.15, 0.2) is 0 Å². The third-order valence-electron chi connectivity index (χ3n) is 19.2. The number of rotatable bonds is 56. The second-order valence-corrected chi connectivity index (χ2v) is 29.2. The number of hydrogen-bond donors (Lipinski definition) is 1. The van der Waals surface area contributed by atoms with Crippen molar-refractivity contribution in [1.82, 2.24) is 0 Å². The number of benzene rings is 7. The van der Waals surface area contributed by atoms with Crippen LogP contribution in [0.1, 0.15) is 92.3 Å². The van der Waals surface area contributed by atoms with Gasteiger partial charge in [-0.1, -0.05) is 77.4 Å². The molecule has 7 aromatic rings. The van der Waals surface area contributed by atoms with Crippen molar-refractivity contribution in [3.63, 3.8) is 0 Å². The summed E-state index contributed by atoms with van der Waals surface area (Å²) in [5.41, 5.74) is 15.8. The molecule has 0 atom stereocenters. The van der Waals surface area contributed by atoms with Gasteiger partial charge in [-0.15, -0.1) is 12.2 Å². The van der Waals surface area contributed by atoms with E-state index in [0.717, 1.165) is 77.4 Å². The number of carboxylic acids is 3. The molecule has 0 unspecified atom stereocenters. The normalized spacial score (nSPS) is 13.1. The molecule has 133 heavy (non-hydrogen) atoms. The van der Waals surface area contributed by atoms with Crippen LogP contribution >= 0.6 is 0 Å². The summed E-state index contributed by atoms with van der Waals surface area (Å²) in [6.07, 6.45) is 18.0. The Labute approximate surface area is 985 Å². The summed E-state index contributed by atoms with van der Waals surface area (Å²) in [7, 11) is 6.50. The van der Waals surface area contributed by atoms with Crippen LogP contribution in [0.4, 0.5) is 0 Å². The van der Waals surface area contributed by atoms with Gasteiger partial charge in [-0.3, -0.25) is 8.85 Å². The van der Waals surface area contributed by atoms with Gasteiger partial charge >= 0.3 is 207 Å². The van der Waals surface area contributed by atoms with E-state index in [1.54, 1.807) is 59.6 Å². The first-order valence-electron chi connectivity index (χ1n) is 42.3. The molecule has 0 amide bonds. The number of ether oxygens (including phenoxy) is 17. The van der Waals surface area contributed by atoms with Gasteiger partial charge in [0.1, 0.15) is 37.9 Å². The predicted molar refractivity (Wildman–Crippen MR) is 482 cm³/mol. The zero-order chi connectivity index (χ0) is 92.6. The van der Waals surface area contributed by atoms with Crippen LogP contribution in [0.3, 0.4) is 0 Å². The Bertz CT molecular complexity index is 4930. The summed E-state index contributed by atoms with van der Waals surface area (Å²) in [4.78, 5) is 57.0. The molecule has 1 N–H and O–H groups in total. The summed E-state index contributed by atoms with van der Waals surface area (Å²) in [5.74, 6) is -1.67. The first-order chi connectivity index (χ1) is 62.1. The summed E-state index contributed by atoms with van der Waals surface area (Å²) in [5, 5.41) is 46.4. The second-order valence-electron chi connectivity index (χ2n) is 29.2. The van der Waals surface area contributed by atoms with E-state index < -0.39 is 17.9 Å². The number of ketones is 2. The Morgan fingerprint density at radius 2 is 0.729 bits per heavy atom. The van der Waals surface area contributed by atoms with Gasteiger partial charge in [-0.05, 0) is 211 Å². The number of allylic oxidation sites excluding steroid dienone is 12. The van der Waals surface area contributed by atoms with Crippen molar-refractivity contribution in [1.29, 1.82) is 0 Å². The molecule has 0 aliphatic heterocycles. The van der Waals surface area contributed by atoms with Crippen LogP contribution in [0, 0.1) is 55.4 Å². The molecule has 7 aromatic carbocycles. The van der Waals surface area contributed by atoms with Gasteiger partial charge in [0.05, 0.1) is 183 Å². The summed E-state index contributed by atoms with van der Waals surface area (Å²) in [6.45, 7) is 28.7. The van der Waals surface area contributed by atoms with Gasteiger partial charge in [-0.25, -0.2) is 0 Å². The molecular formula is C100H123Cs3O28Os2. The Morgan fingerprint density at radius 1 is 0.346 bits per heavy atom. The van der Waals surface area contributed by atoms with E-state index >= 15 is 0 Å². The van der Waals surface area contributed by atoms with E-state index in [-0.39, 0.29) is 289 Å². The van der Waals surface area contributed by atoms with Gasteiger partial charge in [0.25, 0.3) is 24.8 Å². The summed E-state index contributed by atoms with van der Waals surface area (Å²) >= 11 is 0. The van der Waals surface area contributed by atoms with Crippen molar-refractivity contribution in [3.05, 3.63) is 235 Å². The third-order valence-corrected chi connectivity index (χ3v) is 19.2. The Morgan fingerprint density at radius 3 is 1.19 bits per heavy atom. The third kappa shape index (κ3) is 49.0. The zero-order valence-electron chi connectivity index (χ0n) is 79.5. The van der Waals surface area contributed by atoms with E-state index in [4.69, 9.17) is 94.5 Å². The fourth-order valence-corrected chi connectivity index (χ4v) is 12.9. The van der Waals surface area contributed by atoms with Crippen LogP contribution in [0.15, 0.2) is 157 Å². The minimum Gasteiger partial charge on any atom is -0.545 e. The van der Waals surface area contributed by atoms with E-state index in [1.807, 2.05) is 120 Å². The van der Waals surface area contributed by atoms with Gasteiger partial charge < -0.3 is 125 Å². The molecule has 0 aromatic heterocycles. The number of aromatic carboxylic acids is 3. The Balaban J connectivity index is 0.000000935. The molecule has 0 saturated carbocycles. The molecule has 0 heterocycles. The minimum atomic E-state index is -1.34. The molecular weight excluding hydrogens is 2430 g/mol. The first kappa shape index (κ1) is 128. The van der Waals surface area contributed by atoms with Crippen molar-refractivity contribution in [2.45, 2.75) is 62.0 Å². The quantitative estimate of drug-likeness (QED) is 0.0235. The minimum absolute atomic E-state index is 0. The molecule has 28 nitrogen and oxygen atoms in total. The number of carbonyl (C=O) groups is 3. The molecule has 0 fully saturated rings. The van der Waals surface area contributed by atoms with Crippen molar-refractivity contribution in [2.24, 2.45) is 0 Å². The SMILES string of the molecule is COCCOCCOCCOc1cc(C)cc2c(C(=O)[O-])cc(C)cc12.COCCOCCOCCOc1ccc(-c2cc(C)cc3c(C4=CC(=C[C-]=O)C(=[O+]CCOCCOCCOC)C=C4)cc(C)cc23)cc1C(=O)[O-].COCCOCCOCC[O+]=C1C=CC(c2cc(C)ccc2C)=CC1=C[C-]=O.Cc1cc(C(=O)[O-])c(C)cc1COCCOCCOCCO.[Cs+].[Cs+].[Cs+].[Os].[Os]. The Hall–Kier alpha value is -3.02. The molecule has 9 rings (SSSR count). The maximum absolute atomic E-state index is 12.3. The number of fused-ring (bicyclic) bond motifs is 2. The van der Waals surface area contributed by atoms with Crippen molar-refractivity contribution < 1.29 is 380 Å². The monoisotopic (exact) mass is 2550 g/mol. The van der Waals surface area contributed by atoms with E-state index in [1.165, 1.54) is 23.3 Å². The average molecular weight is 2550 g/mol. The first-order valence-corrected chi connectivity index (χ1v) is 42.3. The van der Waals surface area contributed by atoms with Crippen LogP contribution in [0.2, 0.25) is 0 Å². The topological polar surface area (TPSA) is 354 Å². The molecule has 2 aliphatic rings. The van der Waals surface area contributed by atoms with E-state index in [0.29, 0.717) is 230 Å². The van der Waals surface area contributed by atoms with Gasteiger partial charge in [0, 0.05) is 102 Å². The largest absolute Gasteiger partial charge is 1.00 e. The van der Waals surface area contributed by atoms with Crippen molar-refractivity contribution >= 4 is 74.7 Å². The van der Waals surface area contributed by atoms with Crippen LogP contribution in [-0.4, -0.2) is 274 Å². The number of hydrogen-bond acceptors (Lipinski definition) is 26. The van der Waals surface area contributed by atoms with Crippen LogP contribution in [0.25, 0.3) is 43.8 Å². The number of methoxy groups -OCH3 is 4. The molecule has 0 spiro atoms. The summed E-state index contributed by atoms with van der Waals surface area (Å²) < 4.78 is 102. The van der Waals surface area contributed by atoms with Gasteiger partial charge in [-0.2, -0.15) is 12.2 Å². The average Bonchev–Trinajstić information content (AvgIpc) is 0.785. The second kappa shape index (κ2) is 76.7. The molecule has 0 radical (unpaired) electrons. The molecule has 2 aliphatic carbocycles.